The summed E-state index contributed by atoms with van der Waals surface area (Å²) in [5.74, 6) is 0.120. The molecule has 0 saturated carbocycles. The molecule has 0 bridgehead atoms. The smallest absolute Gasteiger partial charge is 0.332 e. The Hall–Kier alpha value is -2.10. The van der Waals surface area contributed by atoms with Gasteiger partial charge in [-0.05, 0) is 19.9 Å². The Bertz CT molecular complexity index is 379. The van der Waals surface area contributed by atoms with Crippen LogP contribution in [0.25, 0.3) is 0 Å². The molecule has 0 aliphatic heterocycles. The molecule has 0 heterocycles. The van der Waals surface area contributed by atoms with Crippen LogP contribution in [0.5, 0.6) is 0 Å². The second-order valence-electron chi connectivity index (χ2n) is 3.05. The zero-order valence-corrected chi connectivity index (χ0v) is 10.9. The van der Waals surface area contributed by atoms with Crippen LogP contribution in [-0.4, -0.2) is 25.4 Å². The van der Waals surface area contributed by atoms with Gasteiger partial charge in [-0.15, -0.1) is 0 Å². The van der Waals surface area contributed by atoms with E-state index in [0.29, 0.717) is 19.0 Å². The van der Waals surface area contributed by atoms with Crippen molar-refractivity contribution in [2.75, 3.05) is 13.2 Å². The molecule has 0 aromatic heterocycles. The predicted octanol–water partition coefficient (Wildman–Crippen LogP) is 2.80. The number of nitrogens with zero attached hydrogens (tertiary/aromatic N) is 1. The van der Waals surface area contributed by atoms with Gasteiger partial charge in [0.25, 0.3) is 0 Å². The first-order chi connectivity index (χ1) is 8.65. The van der Waals surface area contributed by atoms with E-state index in [2.05, 4.69) is 18.2 Å². The van der Waals surface area contributed by atoms with Crippen molar-refractivity contribution in [3.8, 4) is 0 Å². The van der Waals surface area contributed by atoms with Gasteiger partial charge >= 0.3 is 5.97 Å². The molecule has 0 aromatic rings. The molecule has 0 unspecified atom stereocenters. The average molecular weight is 249 g/mol. The van der Waals surface area contributed by atoms with Crippen molar-refractivity contribution in [3.05, 3.63) is 48.9 Å². The van der Waals surface area contributed by atoms with Gasteiger partial charge in [0.2, 0.25) is 0 Å². The highest BCUT2D eigenvalue weighted by molar-refractivity contribution is 5.82. The molecular formula is C14H19NO3. The van der Waals surface area contributed by atoms with Crippen molar-refractivity contribution >= 4 is 12.2 Å². The van der Waals surface area contributed by atoms with Crippen LogP contribution in [0, 0.1) is 0 Å². The SMILES string of the molecule is C=C\C(=C/C=N/C=C/C(=O)OCC)C(=C)OCC. The molecule has 0 aromatic carbocycles. The minimum atomic E-state index is -0.415. The monoisotopic (exact) mass is 249 g/mol. The second kappa shape index (κ2) is 10.1. The van der Waals surface area contributed by atoms with Crippen LogP contribution >= 0.6 is 0 Å². The lowest BCUT2D eigenvalue weighted by atomic mass is 10.2. The lowest BCUT2D eigenvalue weighted by Crippen LogP contribution is -1.98. The van der Waals surface area contributed by atoms with Gasteiger partial charge in [-0.2, -0.15) is 0 Å². The first kappa shape index (κ1) is 15.9. The van der Waals surface area contributed by atoms with Crippen molar-refractivity contribution in [1.82, 2.24) is 0 Å². The third kappa shape index (κ3) is 7.22. The Morgan fingerprint density at radius 3 is 2.50 bits per heavy atom. The second-order valence-corrected chi connectivity index (χ2v) is 3.05. The maximum Gasteiger partial charge on any atom is 0.332 e. The minimum absolute atomic E-state index is 0.349. The molecule has 0 aliphatic rings. The van der Waals surface area contributed by atoms with Gasteiger partial charge in [0.15, 0.2) is 0 Å². The number of carbonyl (C=O) groups is 1. The van der Waals surface area contributed by atoms with Gasteiger partial charge in [-0.1, -0.05) is 19.2 Å². The van der Waals surface area contributed by atoms with E-state index in [4.69, 9.17) is 9.47 Å². The highest BCUT2D eigenvalue weighted by Crippen LogP contribution is 2.09. The van der Waals surface area contributed by atoms with Crippen LogP contribution < -0.4 is 0 Å². The summed E-state index contributed by atoms with van der Waals surface area (Å²) in [5.41, 5.74) is 0.741. The van der Waals surface area contributed by atoms with Crippen molar-refractivity contribution in [2.45, 2.75) is 13.8 Å². The van der Waals surface area contributed by atoms with Crippen molar-refractivity contribution in [3.63, 3.8) is 0 Å². The summed E-state index contributed by atoms with van der Waals surface area (Å²) in [5, 5.41) is 0. The highest BCUT2D eigenvalue weighted by Gasteiger charge is 1.96. The van der Waals surface area contributed by atoms with E-state index in [1.165, 1.54) is 18.5 Å². The number of hydrogen-bond acceptors (Lipinski definition) is 4. The highest BCUT2D eigenvalue weighted by atomic mass is 16.5. The zero-order chi connectivity index (χ0) is 13.8. The van der Waals surface area contributed by atoms with E-state index in [1.807, 2.05) is 6.92 Å². The van der Waals surface area contributed by atoms with Gasteiger partial charge in [-0.3, -0.25) is 4.99 Å². The molecule has 0 fully saturated rings. The molecule has 98 valence electrons. The molecule has 0 N–H and O–H groups in total. The summed E-state index contributed by atoms with van der Waals surface area (Å²) < 4.78 is 9.93. The van der Waals surface area contributed by atoms with Gasteiger partial charge in [0.05, 0.1) is 13.2 Å². The molecule has 0 rings (SSSR count). The Morgan fingerprint density at radius 2 is 1.94 bits per heavy atom. The summed E-state index contributed by atoms with van der Waals surface area (Å²) in [4.78, 5) is 14.8. The van der Waals surface area contributed by atoms with E-state index in [0.717, 1.165) is 5.57 Å². The molecular weight excluding hydrogens is 230 g/mol. The van der Waals surface area contributed by atoms with Crippen LogP contribution in [0.4, 0.5) is 0 Å². The van der Waals surface area contributed by atoms with Crippen LogP contribution in [-0.2, 0) is 14.3 Å². The number of allylic oxidation sites excluding steroid dienone is 2. The van der Waals surface area contributed by atoms with Gasteiger partial charge in [0.1, 0.15) is 5.76 Å². The number of carbonyl (C=O) groups excluding carboxylic acids is 1. The maximum absolute atomic E-state index is 10.9. The molecule has 18 heavy (non-hydrogen) atoms. The minimum Gasteiger partial charge on any atom is -0.494 e. The lowest BCUT2D eigenvalue weighted by molar-refractivity contribution is -0.137. The van der Waals surface area contributed by atoms with Gasteiger partial charge in [0, 0.05) is 24.1 Å². The quantitative estimate of drug-likeness (QED) is 0.218. The summed E-state index contributed by atoms with van der Waals surface area (Å²) in [6.45, 7) is 11.9. The summed E-state index contributed by atoms with van der Waals surface area (Å²) in [6, 6.07) is 0. The molecule has 4 heteroatoms. The number of hydrogen-bond donors (Lipinski definition) is 0. The number of aliphatic imine (C=N–C) groups is 1. The molecule has 0 aliphatic carbocycles. The molecule has 0 atom stereocenters. The normalized spacial score (nSPS) is 11.8. The van der Waals surface area contributed by atoms with E-state index >= 15 is 0 Å². The molecule has 0 amide bonds. The Morgan fingerprint density at radius 1 is 1.28 bits per heavy atom. The third-order valence-electron chi connectivity index (χ3n) is 1.78. The standard InChI is InChI=1S/C14H19NO3/c1-5-13(12(4)17-6-2)8-10-15-11-9-14(16)18-7-3/h5,8-11H,1,4,6-7H2,2-3H3/b11-9+,13-8+,15-10+. The van der Waals surface area contributed by atoms with E-state index < -0.39 is 5.97 Å². The van der Waals surface area contributed by atoms with Crippen LogP contribution in [0.2, 0.25) is 0 Å². The topological polar surface area (TPSA) is 47.9 Å². The number of esters is 1. The van der Waals surface area contributed by atoms with Crippen molar-refractivity contribution in [1.29, 1.82) is 0 Å². The van der Waals surface area contributed by atoms with Crippen LogP contribution in [0.3, 0.4) is 0 Å². The summed E-state index contributed by atoms with van der Waals surface area (Å²) in [7, 11) is 0. The van der Waals surface area contributed by atoms with Gasteiger partial charge < -0.3 is 9.47 Å². The van der Waals surface area contributed by atoms with Gasteiger partial charge in [-0.25, -0.2) is 4.79 Å². The Balaban J connectivity index is 4.37. The molecule has 0 spiro atoms. The molecule has 0 radical (unpaired) electrons. The fourth-order valence-electron chi connectivity index (χ4n) is 1.000. The first-order valence-corrected chi connectivity index (χ1v) is 5.66. The molecule has 4 nitrogen and oxygen atoms in total. The third-order valence-corrected chi connectivity index (χ3v) is 1.78. The van der Waals surface area contributed by atoms with Crippen LogP contribution in [0.1, 0.15) is 13.8 Å². The largest absolute Gasteiger partial charge is 0.494 e. The fraction of sp³-hybridized carbons (Fsp3) is 0.286. The molecule has 0 saturated heterocycles. The Labute approximate surface area is 108 Å². The average Bonchev–Trinajstić information content (AvgIpc) is 2.34. The van der Waals surface area contributed by atoms with E-state index in [-0.39, 0.29) is 0 Å². The number of rotatable bonds is 8. The summed E-state index contributed by atoms with van der Waals surface area (Å²) in [6.07, 6.45) is 7.45. The van der Waals surface area contributed by atoms with E-state index in [9.17, 15) is 4.79 Å². The predicted molar refractivity (Wildman–Crippen MR) is 73.3 cm³/mol. The lowest BCUT2D eigenvalue weighted by Gasteiger charge is -2.05. The van der Waals surface area contributed by atoms with Crippen LogP contribution in [0.15, 0.2) is 53.9 Å². The summed E-state index contributed by atoms with van der Waals surface area (Å²) >= 11 is 0. The Kier molecular flexibility index (Phi) is 8.90. The maximum atomic E-state index is 10.9. The van der Waals surface area contributed by atoms with Crippen molar-refractivity contribution < 1.29 is 14.3 Å². The number of ether oxygens (including phenoxy) is 2. The first-order valence-electron chi connectivity index (χ1n) is 5.66. The zero-order valence-electron chi connectivity index (χ0n) is 10.9. The van der Waals surface area contributed by atoms with Crippen molar-refractivity contribution in [2.24, 2.45) is 4.99 Å². The fourth-order valence-corrected chi connectivity index (χ4v) is 1.000. The van der Waals surface area contributed by atoms with E-state index in [1.54, 1.807) is 19.1 Å².